The number of nitrogens with zero attached hydrogens (tertiary/aromatic N) is 2. The van der Waals surface area contributed by atoms with Gasteiger partial charge < -0.3 is 15.5 Å². The number of rotatable bonds is 4. The fraction of sp³-hybridized carbons (Fsp3) is 0.333. The number of anilines is 2. The predicted octanol–water partition coefficient (Wildman–Crippen LogP) is 3.26. The van der Waals surface area contributed by atoms with E-state index in [1.807, 2.05) is 12.3 Å². The molecule has 2 amide bonds. The van der Waals surface area contributed by atoms with Crippen LogP contribution >= 0.6 is 0 Å². The Balaban J connectivity index is 1.40. The number of pyridine rings is 1. The normalized spacial score (nSPS) is 15.1. The maximum atomic E-state index is 12.8. The Hall–Kier alpha value is -2.63. The monoisotopic (exact) mass is 328 g/mol. The number of carbonyl (C=O) groups excluding carboxylic acids is 1. The lowest BCUT2D eigenvalue weighted by Gasteiger charge is -2.33. The molecule has 0 bridgehead atoms. The lowest BCUT2D eigenvalue weighted by Crippen LogP contribution is -2.39. The number of hydrogen-bond donors (Lipinski definition) is 2. The number of halogens is 1. The molecule has 1 fully saturated rings. The predicted molar refractivity (Wildman–Crippen MR) is 92.6 cm³/mol. The zero-order chi connectivity index (χ0) is 16.8. The average Bonchev–Trinajstić information content (AvgIpc) is 2.63. The van der Waals surface area contributed by atoms with Crippen LogP contribution in [0.3, 0.4) is 0 Å². The van der Waals surface area contributed by atoms with E-state index in [1.165, 1.54) is 12.1 Å². The second-order valence-corrected chi connectivity index (χ2v) is 5.98. The molecule has 2 heterocycles. The Morgan fingerprint density at radius 2 is 1.96 bits per heavy atom. The van der Waals surface area contributed by atoms with Crippen LogP contribution < -0.4 is 15.5 Å². The Kier molecular flexibility index (Phi) is 5.25. The molecular weight excluding hydrogens is 307 g/mol. The van der Waals surface area contributed by atoms with E-state index < -0.39 is 0 Å². The number of amides is 2. The number of benzene rings is 1. The first-order valence-electron chi connectivity index (χ1n) is 8.16. The molecule has 0 unspecified atom stereocenters. The molecule has 2 N–H and O–H groups in total. The number of carbonyl (C=O) groups is 1. The molecule has 2 aromatic rings. The Morgan fingerprint density at radius 1 is 1.21 bits per heavy atom. The maximum absolute atomic E-state index is 12.8. The smallest absolute Gasteiger partial charge is 0.319 e. The SMILES string of the molecule is O=C(NCC1CCN(c2cccnc2)CC1)Nc1ccc(F)cc1. The summed E-state index contributed by atoms with van der Waals surface area (Å²) in [6.45, 7) is 2.59. The van der Waals surface area contributed by atoms with Crippen LogP contribution in [0.25, 0.3) is 0 Å². The van der Waals surface area contributed by atoms with Crippen molar-refractivity contribution >= 4 is 17.4 Å². The van der Waals surface area contributed by atoms with Crippen LogP contribution in [-0.2, 0) is 0 Å². The molecule has 1 aromatic heterocycles. The van der Waals surface area contributed by atoms with E-state index in [1.54, 1.807) is 18.3 Å². The Bertz CT molecular complexity index is 654. The Morgan fingerprint density at radius 3 is 2.62 bits per heavy atom. The first-order chi connectivity index (χ1) is 11.7. The highest BCUT2D eigenvalue weighted by molar-refractivity contribution is 5.89. The molecule has 0 saturated carbocycles. The van der Waals surface area contributed by atoms with Gasteiger partial charge in [-0.3, -0.25) is 4.98 Å². The second kappa shape index (κ2) is 7.77. The van der Waals surface area contributed by atoms with Crippen LogP contribution in [0.1, 0.15) is 12.8 Å². The van der Waals surface area contributed by atoms with Crippen molar-refractivity contribution < 1.29 is 9.18 Å². The lowest BCUT2D eigenvalue weighted by atomic mass is 9.96. The molecular formula is C18H21FN4O. The molecule has 1 saturated heterocycles. The zero-order valence-electron chi connectivity index (χ0n) is 13.4. The third kappa shape index (κ3) is 4.44. The maximum Gasteiger partial charge on any atom is 0.319 e. The molecule has 0 spiro atoms. The van der Waals surface area contributed by atoms with Gasteiger partial charge in [0, 0.05) is 31.5 Å². The van der Waals surface area contributed by atoms with Crippen molar-refractivity contribution in [3.05, 3.63) is 54.6 Å². The molecule has 0 atom stereocenters. The van der Waals surface area contributed by atoms with E-state index in [0.717, 1.165) is 31.6 Å². The van der Waals surface area contributed by atoms with Crippen molar-refractivity contribution in [3.63, 3.8) is 0 Å². The van der Waals surface area contributed by atoms with Gasteiger partial charge in [-0.1, -0.05) is 0 Å². The molecule has 0 radical (unpaired) electrons. The molecule has 126 valence electrons. The lowest BCUT2D eigenvalue weighted by molar-refractivity contribution is 0.248. The number of hydrogen-bond acceptors (Lipinski definition) is 3. The van der Waals surface area contributed by atoms with Gasteiger partial charge in [-0.2, -0.15) is 0 Å². The first kappa shape index (κ1) is 16.2. The largest absolute Gasteiger partial charge is 0.370 e. The van der Waals surface area contributed by atoms with Crippen molar-refractivity contribution in [3.8, 4) is 0 Å². The van der Waals surface area contributed by atoms with E-state index in [0.29, 0.717) is 18.2 Å². The summed E-state index contributed by atoms with van der Waals surface area (Å²) in [4.78, 5) is 18.4. The van der Waals surface area contributed by atoms with E-state index >= 15 is 0 Å². The number of nitrogens with one attached hydrogen (secondary N) is 2. The highest BCUT2D eigenvalue weighted by Crippen LogP contribution is 2.22. The van der Waals surface area contributed by atoms with Crippen LogP contribution in [0.2, 0.25) is 0 Å². The van der Waals surface area contributed by atoms with E-state index in [9.17, 15) is 9.18 Å². The third-order valence-electron chi connectivity index (χ3n) is 4.28. The van der Waals surface area contributed by atoms with Crippen molar-refractivity contribution in [2.24, 2.45) is 5.92 Å². The first-order valence-corrected chi connectivity index (χ1v) is 8.16. The molecule has 6 heteroatoms. The van der Waals surface area contributed by atoms with Crippen molar-refractivity contribution in [2.75, 3.05) is 29.9 Å². The number of urea groups is 1. The van der Waals surface area contributed by atoms with Crippen molar-refractivity contribution in [2.45, 2.75) is 12.8 Å². The molecule has 1 aromatic carbocycles. The molecule has 24 heavy (non-hydrogen) atoms. The summed E-state index contributed by atoms with van der Waals surface area (Å²) in [5.41, 5.74) is 1.73. The molecule has 5 nitrogen and oxygen atoms in total. The van der Waals surface area contributed by atoms with Gasteiger partial charge in [0.15, 0.2) is 0 Å². The van der Waals surface area contributed by atoms with Gasteiger partial charge in [0.25, 0.3) is 0 Å². The minimum atomic E-state index is -0.318. The van der Waals surface area contributed by atoms with Gasteiger partial charge in [0.2, 0.25) is 0 Å². The van der Waals surface area contributed by atoms with Crippen LogP contribution in [-0.4, -0.2) is 30.6 Å². The average molecular weight is 328 g/mol. The fourth-order valence-corrected chi connectivity index (χ4v) is 2.88. The van der Waals surface area contributed by atoms with Gasteiger partial charge in [-0.05, 0) is 55.2 Å². The Labute approximate surface area is 140 Å². The zero-order valence-corrected chi connectivity index (χ0v) is 13.4. The molecule has 1 aliphatic rings. The summed E-state index contributed by atoms with van der Waals surface area (Å²) in [5.74, 6) is 0.151. The van der Waals surface area contributed by atoms with Crippen LogP contribution in [0.15, 0.2) is 48.8 Å². The molecule has 1 aliphatic heterocycles. The second-order valence-electron chi connectivity index (χ2n) is 5.98. The third-order valence-corrected chi connectivity index (χ3v) is 4.28. The molecule has 0 aliphatic carbocycles. The number of piperidine rings is 1. The minimum absolute atomic E-state index is 0.253. The van der Waals surface area contributed by atoms with Crippen LogP contribution in [0.5, 0.6) is 0 Å². The summed E-state index contributed by atoms with van der Waals surface area (Å²) in [6, 6.07) is 9.50. The highest BCUT2D eigenvalue weighted by atomic mass is 19.1. The summed E-state index contributed by atoms with van der Waals surface area (Å²) in [7, 11) is 0. The van der Waals surface area contributed by atoms with Gasteiger partial charge in [0.05, 0.1) is 11.9 Å². The van der Waals surface area contributed by atoms with Crippen LogP contribution in [0, 0.1) is 11.7 Å². The van der Waals surface area contributed by atoms with Gasteiger partial charge in [0.1, 0.15) is 5.82 Å². The standard InChI is InChI=1S/C18H21FN4O/c19-15-3-5-16(6-4-15)22-18(24)21-12-14-7-10-23(11-8-14)17-2-1-9-20-13-17/h1-6,9,13-14H,7-8,10-12H2,(H2,21,22,24). The van der Waals surface area contributed by atoms with Gasteiger partial charge in [-0.15, -0.1) is 0 Å². The number of aromatic nitrogens is 1. The summed E-state index contributed by atoms with van der Waals surface area (Å²) in [6.07, 6.45) is 5.73. The van der Waals surface area contributed by atoms with E-state index in [-0.39, 0.29) is 11.8 Å². The topological polar surface area (TPSA) is 57.3 Å². The fourth-order valence-electron chi connectivity index (χ4n) is 2.88. The van der Waals surface area contributed by atoms with Gasteiger partial charge >= 0.3 is 6.03 Å². The summed E-state index contributed by atoms with van der Waals surface area (Å²) < 4.78 is 12.8. The highest BCUT2D eigenvalue weighted by Gasteiger charge is 2.20. The van der Waals surface area contributed by atoms with Gasteiger partial charge in [-0.25, -0.2) is 9.18 Å². The van der Waals surface area contributed by atoms with Crippen LogP contribution in [0.4, 0.5) is 20.6 Å². The minimum Gasteiger partial charge on any atom is -0.370 e. The quantitative estimate of drug-likeness (QED) is 0.906. The van der Waals surface area contributed by atoms with Crippen molar-refractivity contribution in [1.82, 2.24) is 10.3 Å². The molecule has 3 rings (SSSR count). The van der Waals surface area contributed by atoms with E-state index in [4.69, 9.17) is 0 Å². The summed E-state index contributed by atoms with van der Waals surface area (Å²) in [5, 5.41) is 5.60. The summed E-state index contributed by atoms with van der Waals surface area (Å²) >= 11 is 0. The van der Waals surface area contributed by atoms with Crippen molar-refractivity contribution in [1.29, 1.82) is 0 Å². The van der Waals surface area contributed by atoms with E-state index in [2.05, 4.69) is 26.6 Å².